The van der Waals surface area contributed by atoms with Gasteiger partial charge in [-0.1, -0.05) is 0 Å². The average molecular weight is 200 g/mol. The number of hydrogen-bond acceptors (Lipinski definition) is 4. The monoisotopic (exact) mass is 200 g/mol. The summed E-state index contributed by atoms with van der Waals surface area (Å²) in [6, 6.07) is -0.480. The number of ether oxygens (including phenoxy) is 1. The number of nitroso groups, excluding NO2 is 1. The molecule has 1 heterocycles. The van der Waals surface area contributed by atoms with Crippen LogP contribution in [0.3, 0.4) is 0 Å². The minimum absolute atomic E-state index is 0.352. The molecule has 0 aromatic heterocycles. The number of hydrogen-bond donors (Lipinski definition) is 0. The minimum atomic E-state index is -0.506. The highest BCUT2D eigenvalue weighted by molar-refractivity contribution is 5.76. The van der Waals surface area contributed by atoms with Gasteiger partial charge < -0.3 is 4.74 Å². The van der Waals surface area contributed by atoms with Crippen LogP contribution in [0.5, 0.6) is 0 Å². The molecule has 0 aliphatic carbocycles. The molecule has 0 saturated carbocycles. The quantitative estimate of drug-likeness (QED) is 0.500. The summed E-state index contributed by atoms with van der Waals surface area (Å²) in [4.78, 5) is 21.9. The summed E-state index contributed by atoms with van der Waals surface area (Å²) in [5.74, 6) is -0.352. The van der Waals surface area contributed by atoms with Crippen LogP contribution in [0.1, 0.15) is 33.6 Å². The molecular weight excluding hydrogens is 184 g/mol. The lowest BCUT2D eigenvalue weighted by molar-refractivity contribution is -0.160. The van der Waals surface area contributed by atoms with Gasteiger partial charge in [0.25, 0.3) is 0 Å². The molecule has 80 valence electrons. The molecule has 0 spiro atoms. The number of nitrogens with zero attached hydrogens (tertiary/aromatic N) is 2. The van der Waals surface area contributed by atoms with Gasteiger partial charge in [0, 0.05) is 6.54 Å². The van der Waals surface area contributed by atoms with Crippen molar-refractivity contribution < 1.29 is 9.53 Å². The zero-order chi connectivity index (χ0) is 10.8. The van der Waals surface area contributed by atoms with Crippen molar-refractivity contribution in [3.05, 3.63) is 4.91 Å². The van der Waals surface area contributed by atoms with E-state index in [4.69, 9.17) is 4.74 Å². The summed E-state index contributed by atoms with van der Waals surface area (Å²) in [7, 11) is 0. The Balaban J connectivity index is 2.56. The minimum Gasteiger partial charge on any atom is -0.458 e. The van der Waals surface area contributed by atoms with E-state index in [0.29, 0.717) is 13.0 Å². The van der Waals surface area contributed by atoms with Gasteiger partial charge in [0.2, 0.25) is 0 Å². The molecule has 5 heteroatoms. The van der Waals surface area contributed by atoms with Crippen molar-refractivity contribution in [3.8, 4) is 0 Å². The van der Waals surface area contributed by atoms with Crippen LogP contribution in [0.25, 0.3) is 0 Å². The molecule has 0 aromatic carbocycles. The molecule has 0 N–H and O–H groups in total. The second kappa shape index (κ2) is 3.94. The predicted octanol–water partition coefficient (Wildman–Crippen LogP) is 1.47. The van der Waals surface area contributed by atoms with Crippen LogP contribution in [0, 0.1) is 4.91 Å². The highest BCUT2D eigenvalue weighted by Gasteiger charge is 2.34. The third-order valence-corrected chi connectivity index (χ3v) is 2.01. The molecule has 1 rings (SSSR count). The maximum Gasteiger partial charge on any atom is 0.331 e. The number of carbonyl (C=O) groups is 1. The van der Waals surface area contributed by atoms with E-state index in [2.05, 4.69) is 5.29 Å². The number of esters is 1. The third kappa shape index (κ3) is 2.68. The molecule has 0 amide bonds. The summed E-state index contributed by atoms with van der Waals surface area (Å²) in [6.45, 7) is 5.96. The fourth-order valence-corrected chi connectivity index (χ4v) is 1.46. The van der Waals surface area contributed by atoms with E-state index in [1.54, 1.807) is 20.8 Å². The smallest absolute Gasteiger partial charge is 0.331 e. The summed E-state index contributed by atoms with van der Waals surface area (Å²) in [5, 5.41) is 4.06. The van der Waals surface area contributed by atoms with E-state index in [-0.39, 0.29) is 5.97 Å². The Morgan fingerprint density at radius 1 is 1.50 bits per heavy atom. The van der Waals surface area contributed by atoms with E-state index >= 15 is 0 Å². The fourth-order valence-electron chi connectivity index (χ4n) is 1.46. The van der Waals surface area contributed by atoms with Gasteiger partial charge in [-0.05, 0) is 33.6 Å². The number of rotatable bonds is 2. The van der Waals surface area contributed by atoms with Gasteiger partial charge in [0.1, 0.15) is 11.6 Å². The standard InChI is InChI=1S/C9H16N2O3/c1-9(2,3)14-8(12)7-5-4-6-11(7)10-13/h7H,4-6H2,1-3H3/t7-/m0/s1. The summed E-state index contributed by atoms with van der Waals surface area (Å²) in [5.41, 5.74) is -0.506. The van der Waals surface area contributed by atoms with Gasteiger partial charge >= 0.3 is 5.97 Å². The highest BCUT2D eigenvalue weighted by atomic mass is 16.6. The van der Waals surface area contributed by atoms with E-state index in [1.165, 1.54) is 5.01 Å². The Bertz CT molecular complexity index is 235. The largest absolute Gasteiger partial charge is 0.458 e. The van der Waals surface area contributed by atoms with Crippen LogP contribution < -0.4 is 0 Å². The lowest BCUT2D eigenvalue weighted by Gasteiger charge is -2.24. The van der Waals surface area contributed by atoms with Gasteiger partial charge in [-0.2, -0.15) is 0 Å². The summed E-state index contributed by atoms with van der Waals surface area (Å²) >= 11 is 0. The first-order chi connectivity index (χ1) is 6.44. The third-order valence-electron chi connectivity index (χ3n) is 2.01. The Kier molecular flexibility index (Phi) is 3.08. The second-order valence-corrected chi connectivity index (χ2v) is 4.44. The first-order valence-electron chi connectivity index (χ1n) is 4.77. The first-order valence-corrected chi connectivity index (χ1v) is 4.77. The molecule has 1 aliphatic heterocycles. The van der Waals surface area contributed by atoms with Crippen molar-refractivity contribution >= 4 is 5.97 Å². The second-order valence-electron chi connectivity index (χ2n) is 4.44. The molecule has 14 heavy (non-hydrogen) atoms. The van der Waals surface area contributed by atoms with Crippen molar-refractivity contribution in [3.63, 3.8) is 0 Å². The Labute approximate surface area is 83.4 Å². The van der Waals surface area contributed by atoms with Gasteiger partial charge in [0.15, 0.2) is 0 Å². The first kappa shape index (κ1) is 10.9. The number of carbonyl (C=O) groups excluding carboxylic acids is 1. The molecule has 1 atom stereocenters. The van der Waals surface area contributed by atoms with Crippen LogP contribution in [0.2, 0.25) is 0 Å². The molecule has 0 bridgehead atoms. The lowest BCUT2D eigenvalue weighted by atomic mass is 10.2. The van der Waals surface area contributed by atoms with Crippen molar-refractivity contribution in [2.24, 2.45) is 5.29 Å². The Hall–Kier alpha value is -1.13. The highest BCUT2D eigenvalue weighted by Crippen LogP contribution is 2.20. The molecule has 1 saturated heterocycles. The lowest BCUT2D eigenvalue weighted by Crippen LogP contribution is -2.37. The molecular formula is C9H16N2O3. The van der Waals surface area contributed by atoms with Crippen molar-refractivity contribution in [1.29, 1.82) is 0 Å². The Morgan fingerprint density at radius 2 is 2.14 bits per heavy atom. The van der Waals surface area contributed by atoms with Crippen molar-refractivity contribution in [1.82, 2.24) is 5.01 Å². The normalized spacial score (nSPS) is 22.2. The molecule has 5 nitrogen and oxygen atoms in total. The van der Waals surface area contributed by atoms with Crippen LogP contribution in [0.15, 0.2) is 5.29 Å². The van der Waals surface area contributed by atoms with E-state index in [0.717, 1.165) is 6.42 Å². The SMILES string of the molecule is CC(C)(C)OC(=O)[C@@H]1CCCN1N=O. The average Bonchev–Trinajstić information content (AvgIpc) is 2.47. The van der Waals surface area contributed by atoms with Crippen molar-refractivity contribution in [2.45, 2.75) is 45.3 Å². The van der Waals surface area contributed by atoms with Crippen LogP contribution in [-0.2, 0) is 9.53 Å². The van der Waals surface area contributed by atoms with Crippen LogP contribution >= 0.6 is 0 Å². The summed E-state index contributed by atoms with van der Waals surface area (Å²) < 4.78 is 5.17. The van der Waals surface area contributed by atoms with Gasteiger partial charge in [-0.15, -0.1) is 4.91 Å². The van der Waals surface area contributed by atoms with Gasteiger partial charge in [-0.3, -0.25) is 0 Å². The van der Waals surface area contributed by atoms with Gasteiger partial charge in [-0.25, -0.2) is 9.80 Å². The van der Waals surface area contributed by atoms with E-state index in [1.807, 2.05) is 0 Å². The van der Waals surface area contributed by atoms with E-state index < -0.39 is 11.6 Å². The molecule has 0 unspecified atom stereocenters. The molecule has 0 radical (unpaired) electrons. The van der Waals surface area contributed by atoms with Crippen molar-refractivity contribution in [2.75, 3.05) is 6.54 Å². The van der Waals surface area contributed by atoms with Crippen LogP contribution in [-0.4, -0.2) is 29.2 Å². The van der Waals surface area contributed by atoms with Crippen LogP contribution in [0.4, 0.5) is 0 Å². The Morgan fingerprint density at radius 3 is 2.64 bits per heavy atom. The topological polar surface area (TPSA) is 59.0 Å². The predicted molar refractivity (Wildman–Crippen MR) is 51.4 cm³/mol. The molecule has 1 fully saturated rings. The molecule has 1 aliphatic rings. The maximum absolute atomic E-state index is 11.6. The fraction of sp³-hybridized carbons (Fsp3) is 0.889. The zero-order valence-corrected chi connectivity index (χ0v) is 8.82. The van der Waals surface area contributed by atoms with E-state index in [9.17, 15) is 9.70 Å². The molecule has 0 aromatic rings. The maximum atomic E-state index is 11.6. The zero-order valence-electron chi connectivity index (χ0n) is 8.82. The summed E-state index contributed by atoms with van der Waals surface area (Å²) in [6.07, 6.45) is 1.47. The van der Waals surface area contributed by atoms with Gasteiger partial charge in [0.05, 0.1) is 5.29 Å².